The zero-order valence-electron chi connectivity index (χ0n) is 30.9. The molecule has 1 saturated heterocycles. The maximum absolute atomic E-state index is 12.4. The lowest BCUT2D eigenvalue weighted by atomic mass is 9.90. The van der Waals surface area contributed by atoms with Gasteiger partial charge in [-0.2, -0.15) is 0 Å². The number of phenols is 1. The van der Waals surface area contributed by atoms with E-state index in [2.05, 4.69) is 35.8 Å². The van der Waals surface area contributed by atoms with Crippen molar-refractivity contribution in [2.75, 3.05) is 26.7 Å². The lowest BCUT2D eigenvalue weighted by molar-refractivity contribution is -0.276. The predicted molar refractivity (Wildman–Crippen MR) is 204 cm³/mol. The molecule has 0 radical (unpaired) electrons. The minimum atomic E-state index is -0.778. The molecule has 0 bridgehead atoms. The molecule has 4 aromatic rings. The van der Waals surface area contributed by atoms with Crippen molar-refractivity contribution in [1.82, 2.24) is 15.5 Å². The Balaban J connectivity index is 1.23. The third-order valence-electron chi connectivity index (χ3n) is 9.74. The fourth-order valence-corrected chi connectivity index (χ4v) is 6.68. The van der Waals surface area contributed by atoms with Crippen molar-refractivity contribution in [3.05, 3.63) is 125 Å². The van der Waals surface area contributed by atoms with Crippen molar-refractivity contribution < 1.29 is 34.4 Å². The largest absolute Gasteiger partial charge is 0.508 e. The number of nitrogens with zero attached hydrogens (tertiary/aromatic N) is 1. The molecule has 10 heteroatoms. The predicted octanol–water partition coefficient (Wildman–Crippen LogP) is 6.32. The van der Waals surface area contributed by atoms with Crippen molar-refractivity contribution in [3.63, 3.8) is 0 Å². The molecule has 0 spiro atoms. The van der Waals surface area contributed by atoms with Gasteiger partial charge in [0.25, 0.3) is 0 Å². The third kappa shape index (κ3) is 11.7. The van der Waals surface area contributed by atoms with E-state index in [0.717, 1.165) is 52.6 Å². The lowest BCUT2D eigenvalue weighted by Crippen LogP contribution is -2.44. The van der Waals surface area contributed by atoms with Gasteiger partial charge < -0.3 is 40.3 Å². The van der Waals surface area contributed by atoms with Crippen LogP contribution in [0.4, 0.5) is 0 Å². The molecule has 0 saturated carbocycles. The Hall–Kier alpha value is -4.58. The minimum absolute atomic E-state index is 0.0147. The van der Waals surface area contributed by atoms with Crippen molar-refractivity contribution in [3.8, 4) is 16.9 Å². The van der Waals surface area contributed by atoms with E-state index in [-0.39, 0.29) is 42.3 Å². The minimum Gasteiger partial charge on any atom is -0.508 e. The first kappa shape index (κ1) is 39.6. The summed E-state index contributed by atoms with van der Waals surface area (Å²) in [5.41, 5.74) is 6.43. The van der Waals surface area contributed by atoms with Crippen LogP contribution in [0.3, 0.4) is 0 Å². The topological polar surface area (TPSA) is 141 Å². The number of nitrogens with one attached hydrogen (secondary N) is 2. The van der Waals surface area contributed by atoms with Crippen molar-refractivity contribution in [2.45, 2.75) is 77.3 Å². The van der Waals surface area contributed by atoms with Crippen LogP contribution in [0, 0.1) is 5.92 Å². The first-order chi connectivity index (χ1) is 25.6. The van der Waals surface area contributed by atoms with E-state index in [1.165, 1.54) is 6.92 Å². The normalized spacial score (nSPS) is 19.1. The fourth-order valence-electron chi connectivity index (χ4n) is 6.68. The van der Waals surface area contributed by atoms with Gasteiger partial charge in [0.05, 0.1) is 24.9 Å². The van der Waals surface area contributed by atoms with E-state index in [9.17, 15) is 24.9 Å². The summed E-state index contributed by atoms with van der Waals surface area (Å²) in [6.45, 7) is 5.57. The van der Waals surface area contributed by atoms with Crippen LogP contribution in [-0.2, 0) is 32.2 Å². The summed E-state index contributed by atoms with van der Waals surface area (Å²) in [4.78, 5) is 25.4. The highest BCUT2D eigenvalue weighted by Gasteiger charge is 2.39. The summed E-state index contributed by atoms with van der Waals surface area (Å²) >= 11 is 0. The molecule has 1 aliphatic rings. The van der Waals surface area contributed by atoms with Crippen LogP contribution in [0.1, 0.15) is 85.8 Å². The first-order valence-electron chi connectivity index (χ1n) is 18.5. The molecule has 5 rings (SSSR count). The van der Waals surface area contributed by atoms with E-state index >= 15 is 0 Å². The summed E-state index contributed by atoms with van der Waals surface area (Å²) in [5.74, 6) is 0.0735. The number of ether oxygens (including phenoxy) is 2. The smallest absolute Gasteiger partial charge is 0.220 e. The highest BCUT2D eigenvalue weighted by molar-refractivity contribution is 5.76. The lowest BCUT2D eigenvalue weighted by Gasteiger charge is -2.42. The molecule has 0 aliphatic carbocycles. The Labute approximate surface area is 312 Å². The van der Waals surface area contributed by atoms with Gasteiger partial charge >= 0.3 is 0 Å². The Morgan fingerprint density at radius 1 is 0.830 bits per heavy atom. The van der Waals surface area contributed by atoms with Crippen molar-refractivity contribution in [2.24, 2.45) is 5.92 Å². The average molecular weight is 724 g/mol. The Kier molecular flexibility index (Phi) is 14.6. The second-order valence-corrected chi connectivity index (χ2v) is 14.0. The van der Waals surface area contributed by atoms with Crippen LogP contribution in [0.2, 0.25) is 0 Å². The molecular formula is C43H53N3O7. The van der Waals surface area contributed by atoms with E-state index in [4.69, 9.17) is 9.47 Å². The van der Waals surface area contributed by atoms with Gasteiger partial charge in [0.1, 0.15) is 5.75 Å². The van der Waals surface area contributed by atoms with Crippen molar-refractivity contribution in [1.29, 1.82) is 0 Å². The number of hydrogen-bond acceptors (Lipinski definition) is 8. The van der Waals surface area contributed by atoms with E-state index in [1.807, 2.05) is 66.5 Å². The number of aliphatic hydroxyl groups is 2. The van der Waals surface area contributed by atoms with Gasteiger partial charge in [-0.1, -0.05) is 92.2 Å². The van der Waals surface area contributed by atoms with Crippen LogP contribution >= 0.6 is 0 Å². The van der Waals surface area contributed by atoms with E-state index in [1.54, 1.807) is 24.3 Å². The number of aliphatic hydroxyl groups excluding tert-OH is 2. The van der Waals surface area contributed by atoms with Crippen LogP contribution < -0.4 is 10.6 Å². The maximum Gasteiger partial charge on any atom is 0.220 e. The molecule has 5 N–H and O–H groups in total. The average Bonchev–Trinajstić information content (AvgIpc) is 3.16. The second kappa shape index (κ2) is 19.5. The molecule has 53 heavy (non-hydrogen) atoms. The van der Waals surface area contributed by atoms with Crippen LogP contribution in [-0.4, -0.2) is 64.8 Å². The quantitative estimate of drug-likeness (QED) is 0.0798. The number of aromatic hydroxyl groups is 1. The SMILES string of the molecule is CC(=O)NCCCCCC(=O)NCc1cccc(-c2ccc([C@@H]3O[C@H](CN(C)C[C@@H](O)c4cccc(O)c4)[C@H](C)[C@H](c4ccc(CO)cc4)O3)cc2)c1. The number of carbonyl (C=O) groups is 2. The standard InChI is InChI=1S/C43H53N3O7/c1-29-40(27-46(3)26-39(50)37-11-8-12-38(49)24-37)52-43(53-42(29)34-16-14-31(28-47)15-17-34)35-20-18-33(19-21-35)36-10-7-9-32(23-36)25-45-41(51)13-5-4-6-22-44-30(2)48/h7-12,14-21,23-24,29,39-40,42-43,47,49-50H,4-6,13,22,25-28H2,1-3H3,(H,44,48)(H,45,51)/t29-,39+,40+,42+,43+/m0/s1. The number of hydrogen-bond donors (Lipinski definition) is 5. The molecule has 1 fully saturated rings. The maximum atomic E-state index is 12.4. The van der Waals surface area contributed by atoms with Gasteiger partial charge in [-0.15, -0.1) is 0 Å². The number of likely N-dealkylation sites (N-methyl/N-ethyl adjacent to an activating group) is 1. The number of phenolic OH excluding ortho intramolecular Hbond substituents is 1. The summed E-state index contributed by atoms with van der Waals surface area (Å²) in [7, 11) is 1.95. The molecule has 1 aliphatic heterocycles. The summed E-state index contributed by atoms with van der Waals surface area (Å²) < 4.78 is 13.3. The fraction of sp³-hybridized carbons (Fsp3) is 0.395. The van der Waals surface area contributed by atoms with E-state index < -0.39 is 12.4 Å². The van der Waals surface area contributed by atoms with Gasteiger partial charge in [0.2, 0.25) is 11.8 Å². The van der Waals surface area contributed by atoms with Gasteiger partial charge in [-0.05, 0) is 71.5 Å². The Morgan fingerprint density at radius 3 is 2.28 bits per heavy atom. The zero-order valence-corrected chi connectivity index (χ0v) is 30.9. The number of carbonyl (C=O) groups excluding carboxylic acids is 2. The highest BCUT2D eigenvalue weighted by atomic mass is 16.7. The van der Waals surface area contributed by atoms with E-state index in [0.29, 0.717) is 38.2 Å². The third-order valence-corrected chi connectivity index (χ3v) is 9.74. The molecule has 5 atom stereocenters. The van der Waals surface area contributed by atoms with Gasteiger partial charge in [-0.25, -0.2) is 0 Å². The van der Waals surface area contributed by atoms with Crippen LogP contribution in [0.5, 0.6) is 5.75 Å². The highest BCUT2D eigenvalue weighted by Crippen LogP contribution is 2.42. The molecule has 282 valence electrons. The first-order valence-corrected chi connectivity index (χ1v) is 18.5. The summed E-state index contributed by atoms with van der Waals surface area (Å²) in [6, 6.07) is 30.8. The molecule has 0 aromatic heterocycles. The molecular weight excluding hydrogens is 670 g/mol. The zero-order chi connectivity index (χ0) is 37.7. The van der Waals surface area contributed by atoms with Gasteiger partial charge in [-0.3, -0.25) is 9.59 Å². The molecule has 1 heterocycles. The number of rotatable bonds is 17. The van der Waals surface area contributed by atoms with Crippen LogP contribution in [0.25, 0.3) is 11.1 Å². The molecule has 0 unspecified atom stereocenters. The Morgan fingerprint density at radius 2 is 1.57 bits per heavy atom. The second-order valence-electron chi connectivity index (χ2n) is 14.0. The van der Waals surface area contributed by atoms with Gasteiger partial charge in [0.15, 0.2) is 6.29 Å². The summed E-state index contributed by atoms with van der Waals surface area (Å²) in [6.07, 6.45) is 1.07. The van der Waals surface area contributed by atoms with Crippen LogP contribution in [0.15, 0.2) is 97.1 Å². The molecule has 2 amide bonds. The number of unbranched alkanes of at least 4 members (excludes halogenated alkanes) is 2. The Bertz CT molecular complexity index is 1760. The monoisotopic (exact) mass is 723 g/mol. The molecule has 4 aromatic carbocycles. The number of amides is 2. The molecule has 10 nitrogen and oxygen atoms in total. The summed E-state index contributed by atoms with van der Waals surface area (Å²) in [5, 5.41) is 36.2. The van der Waals surface area contributed by atoms with Crippen molar-refractivity contribution >= 4 is 11.8 Å². The van der Waals surface area contributed by atoms with Gasteiger partial charge in [0, 0.05) is 51.0 Å². The number of benzene rings is 4.